The Bertz CT molecular complexity index is 345. The van der Waals surface area contributed by atoms with Crippen molar-refractivity contribution < 1.29 is 14.3 Å². The molecule has 2 rings (SSSR count). The highest BCUT2D eigenvalue weighted by molar-refractivity contribution is 5.77. The van der Waals surface area contributed by atoms with Crippen molar-refractivity contribution in [2.45, 2.75) is 38.3 Å². The van der Waals surface area contributed by atoms with Gasteiger partial charge < -0.3 is 20.6 Å². The van der Waals surface area contributed by atoms with Crippen molar-refractivity contribution in [2.24, 2.45) is 11.7 Å². The van der Waals surface area contributed by atoms with Gasteiger partial charge in [-0.25, -0.2) is 4.79 Å². The maximum atomic E-state index is 11.7. The summed E-state index contributed by atoms with van der Waals surface area (Å²) in [6, 6.07) is -0.261. The fourth-order valence-corrected chi connectivity index (χ4v) is 2.24. The van der Waals surface area contributed by atoms with Crippen LogP contribution in [0.15, 0.2) is 12.3 Å². The largest absolute Gasteiger partial charge is 0.354 e. The van der Waals surface area contributed by atoms with Gasteiger partial charge in [0, 0.05) is 18.5 Å². The van der Waals surface area contributed by atoms with Gasteiger partial charge in [-0.15, -0.1) is 0 Å². The molecule has 2 heterocycles. The van der Waals surface area contributed by atoms with Crippen LogP contribution in [0.1, 0.15) is 19.8 Å². The topological polar surface area (TPSA) is 84.7 Å². The lowest BCUT2D eigenvalue weighted by Crippen LogP contribution is -2.53. The summed E-state index contributed by atoms with van der Waals surface area (Å²) in [5.74, 6) is 0.199. The number of ether oxygens (including phenoxy) is 1. The number of hydrogen-bond acceptors (Lipinski definition) is 4. The lowest BCUT2D eigenvalue weighted by atomic mass is 10.0. The molecule has 0 aliphatic carbocycles. The minimum atomic E-state index is -0.443. The monoisotopic (exact) mass is 239 g/mol. The highest BCUT2D eigenvalue weighted by atomic mass is 16.5. The van der Waals surface area contributed by atoms with Gasteiger partial charge in [0.15, 0.2) is 0 Å². The number of amides is 2. The van der Waals surface area contributed by atoms with Crippen LogP contribution in [-0.4, -0.2) is 35.7 Å². The number of aldehydes is 1. The quantitative estimate of drug-likeness (QED) is 0.687. The van der Waals surface area contributed by atoms with Gasteiger partial charge in [0.1, 0.15) is 12.5 Å². The highest BCUT2D eigenvalue weighted by Crippen LogP contribution is 2.30. The Labute approximate surface area is 99.8 Å². The van der Waals surface area contributed by atoms with Crippen LogP contribution in [0.3, 0.4) is 0 Å². The van der Waals surface area contributed by atoms with Gasteiger partial charge in [-0.05, 0) is 12.5 Å². The number of nitrogens with zero attached hydrogens (tertiary/aromatic N) is 1. The summed E-state index contributed by atoms with van der Waals surface area (Å²) in [6.45, 7) is 2.01. The molecular weight excluding hydrogens is 222 g/mol. The first kappa shape index (κ1) is 12.1. The van der Waals surface area contributed by atoms with Crippen LogP contribution in [-0.2, 0) is 9.53 Å². The van der Waals surface area contributed by atoms with Gasteiger partial charge in [0.2, 0.25) is 0 Å². The third-order valence-electron chi connectivity index (χ3n) is 3.07. The molecule has 1 fully saturated rings. The van der Waals surface area contributed by atoms with E-state index in [1.807, 2.05) is 6.92 Å². The normalized spacial score (nSPS) is 37.1. The molecule has 1 unspecified atom stereocenters. The first-order valence-electron chi connectivity index (χ1n) is 5.73. The predicted molar refractivity (Wildman–Crippen MR) is 60.6 cm³/mol. The first-order chi connectivity index (χ1) is 8.11. The maximum absolute atomic E-state index is 11.7. The van der Waals surface area contributed by atoms with E-state index in [1.165, 1.54) is 4.90 Å². The van der Waals surface area contributed by atoms with Crippen LogP contribution in [0, 0.1) is 5.92 Å². The van der Waals surface area contributed by atoms with Gasteiger partial charge in [-0.3, -0.25) is 4.90 Å². The van der Waals surface area contributed by atoms with Crippen LogP contribution in [0.25, 0.3) is 0 Å². The second-order valence-corrected chi connectivity index (χ2v) is 4.49. The summed E-state index contributed by atoms with van der Waals surface area (Å²) >= 11 is 0. The van der Waals surface area contributed by atoms with E-state index in [-0.39, 0.29) is 24.3 Å². The average molecular weight is 239 g/mol. The molecule has 17 heavy (non-hydrogen) atoms. The summed E-state index contributed by atoms with van der Waals surface area (Å²) in [7, 11) is 0. The van der Waals surface area contributed by atoms with Crippen molar-refractivity contribution >= 4 is 12.3 Å². The molecule has 1 saturated heterocycles. The lowest BCUT2D eigenvalue weighted by molar-refractivity contribution is -0.111. The van der Waals surface area contributed by atoms with Crippen molar-refractivity contribution in [3.63, 3.8) is 0 Å². The Morgan fingerprint density at radius 2 is 2.47 bits per heavy atom. The summed E-state index contributed by atoms with van der Waals surface area (Å²) in [6.07, 6.45) is 4.50. The van der Waals surface area contributed by atoms with Crippen LogP contribution in [0.4, 0.5) is 4.79 Å². The zero-order valence-electron chi connectivity index (χ0n) is 9.70. The summed E-state index contributed by atoms with van der Waals surface area (Å²) in [5, 5.41) is 2.60. The molecule has 2 aliphatic rings. The second-order valence-electron chi connectivity index (χ2n) is 4.49. The molecule has 4 atom stereocenters. The van der Waals surface area contributed by atoms with Crippen LogP contribution < -0.4 is 11.1 Å². The number of carbonyl (C=O) groups is 2. The average Bonchev–Trinajstić information content (AvgIpc) is 2.60. The first-order valence-corrected chi connectivity index (χ1v) is 5.73. The van der Waals surface area contributed by atoms with Crippen molar-refractivity contribution in [1.29, 1.82) is 0 Å². The minimum absolute atomic E-state index is 0.0932. The molecule has 2 aliphatic heterocycles. The van der Waals surface area contributed by atoms with Crippen molar-refractivity contribution in [3.05, 3.63) is 12.3 Å². The summed E-state index contributed by atoms with van der Waals surface area (Å²) in [4.78, 5) is 23.7. The summed E-state index contributed by atoms with van der Waals surface area (Å²) in [5.41, 5.74) is 5.56. The number of urea groups is 1. The maximum Gasteiger partial charge on any atom is 0.325 e. The Morgan fingerprint density at radius 1 is 1.71 bits per heavy atom. The predicted octanol–water partition coefficient (Wildman–Crippen LogP) is 0.150. The Kier molecular flexibility index (Phi) is 3.44. The van der Waals surface area contributed by atoms with Gasteiger partial charge in [0.25, 0.3) is 0 Å². The molecule has 6 nitrogen and oxygen atoms in total. The van der Waals surface area contributed by atoms with Gasteiger partial charge in [-0.2, -0.15) is 0 Å². The number of carbonyl (C=O) groups excluding carboxylic acids is 2. The van der Waals surface area contributed by atoms with Crippen molar-refractivity contribution in [3.8, 4) is 0 Å². The third-order valence-corrected chi connectivity index (χ3v) is 3.07. The number of nitrogens with two attached hydrogens (primary N) is 1. The molecule has 0 radical (unpaired) electrons. The lowest BCUT2D eigenvalue weighted by Gasteiger charge is -2.32. The molecule has 0 aromatic rings. The van der Waals surface area contributed by atoms with E-state index in [0.29, 0.717) is 6.42 Å². The molecule has 0 saturated carbocycles. The minimum Gasteiger partial charge on any atom is -0.354 e. The molecule has 94 valence electrons. The van der Waals surface area contributed by atoms with Crippen LogP contribution in [0.5, 0.6) is 0 Å². The Balaban J connectivity index is 2.05. The smallest absolute Gasteiger partial charge is 0.325 e. The molecule has 3 N–H and O–H groups in total. The third kappa shape index (κ3) is 2.48. The van der Waals surface area contributed by atoms with E-state index in [0.717, 1.165) is 12.7 Å². The fourth-order valence-electron chi connectivity index (χ4n) is 2.24. The van der Waals surface area contributed by atoms with Gasteiger partial charge >= 0.3 is 6.03 Å². The van der Waals surface area contributed by atoms with Gasteiger partial charge in [0.05, 0.1) is 12.3 Å². The van der Waals surface area contributed by atoms with Crippen LogP contribution in [0.2, 0.25) is 0 Å². The van der Waals surface area contributed by atoms with Crippen LogP contribution >= 0.6 is 0 Å². The van der Waals surface area contributed by atoms with E-state index >= 15 is 0 Å². The standard InChI is InChI=1S/C11H17N3O3/c1-7-6-8(3-5-15)17-10(7)14-4-2-9(12)13-11(14)16/h2,4-5,7-10H,3,6,12H2,1H3,(H,13,16)/t7-,8+,9?,10+/m0/s1. The SMILES string of the molecule is C[C@H]1C[C@@H](CC=O)O[C@H]1N1C=CC(N)NC1=O. The van der Waals surface area contributed by atoms with Crippen molar-refractivity contribution in [2.75, 3.05) is 0 Å². The van der Waals surface area contributed by atoms with E-state index in [4.69, 9.17) is 10.5 Å². The number of hydrogen-bond donors (Lipinski definition) is 2. The highest BCUT2D eigenvalue weighted by Gasteiger charge is 2.38. The Morgan fingerprint density at radius 3 is 3.12 bits per heavy atom. The molecule has 0 aromatic heterocycles. The molecule has 6 heteroatoms. The number of nitrogens with one attached hydrogen (secondary N) is 1. The summed E-state index contributed by atoms with van der Waals surface area (Å²) < 4.78 is 5.70. The zero-order valence-corrected chi connectivity index (χ0v) is 9.70. The van der Waals surface area contributed by atoms with E-state index < -0.39 is 6.17 Å². The molecular formula is C11H17N3O3. The zero-order chi connectivity index (χ0) is 12.4. The van der Waals surface area contributed by atoms with Gasteiger partial charge in [-0.1, -0.05) is 6.92 Å². The molecule has 0 bridgehead atoms. The number of rotatable bonds is 3. The fraction of sp³-hybridized carbons (Fsp3) is 0.636. The van der Waals surface area contributed by atoms with Crippen molar-refractivity contribution in [1.82, 2.24) is 10.2 Å². The Hall–Kier alpha value is -1.40. The van der Waals surface area contributed by atoms with E-state index in [1.54, 1.807) is 12.3 Å². The molecule has 0 aromatic carbocycles. The van der Waals surface area contributed by atoms with E-state index in [9.17, 15) is 9.59 Å². The van der Waals surface area contributed by atoms with E-state index in [2.05, 4.69) is 5.32 Å². The molecule has 2 amide bonds. The second kappa shape index (κ2) is 4.85. The molecule has 0 spiro atoms.